The molecule has 0 unspecified atom stereocenters. The van der Waals surface area contributed by atoms with Crippen molar-refractivity contribution in [2.75, 3.05) is 16.8 Å². The quantitative estimate of drug-likeness (QED) is 0.912. The van der Waals surface area contributed by atoms with Crippen molar-refractivity contribution in [3.63, 3.8) is 0 Å². The topological polar surface area (TPSA) is 71.3 Å². The van der Waals surface area contributed by atoms with Gasteiger partial charge in [-0.1, -0.05) is 31.1 Å². The van der Waals surface area contributed by atoms with E-state index >= 15 is 0 Å². The van der Waals surface area contributed by atoms with E-state index in [0.29, 0.717) is 43.4 Å². The lowest BCUT2D eigenvalue weighted by atomic mass is 9.99. The third-order valence-corrected chi connectivity index (χ3v) is 4.37. The van der Waals surface area contributed by atoms with Crippen LogP contribution in [0.15, 0.2) is 28.8 Å². The van der Waals surface area contributed by atoms with E-state index in [4.69, 9.17) is 4.52 Å². The van der Waals surface area contributed by atoms with E-state index in [-0.39, 0.29) is 11.9 Å². The molecule has 1 aliphatic heterocycles. The highest BCUT2D eigenvalue weighted by atomic mass is 16.5. The number of rotatable bonds is 5. The number of hydrogen-bond acceptors (Lipinski definition) is 5. The molecule has 1 aromatic heterocycles. The second kappa shape index (κ2) is 7.03. The molecule has 128 valence electrons. The van der Waals surface area contributed by atoms with Crippen molar-refractivity contribution in [1.82, 2.24) is 10.1 Å². The Morgan fingerprint density at radius 1 is 1.42 bits per heavy atom. The standard InChI is InChI=1S/C18H24N4O2/c1-12(2)15-11-22(16-8-5-4-7-14(16)20-15)18(23)10-6-9-17-19-13(3)21-24-17/h4-5,7-8,12,15,20H,6,9-11H2,1-3H3/t15-/m0/s1. The minimum Gasteiger partial charge on any atom is -0.379 e. The summed E-state index contributed by atoms with van der Waals surface area (Å²) in [7, 11) is 0. The van der Waals surface area contributed by atoms with E-state index in [1.165, 1.54) is 0 Å². The lowest BCUT2D eigenvalue weighted by Gasteiger charge is -2.37. The average molecular weight is 328 g/mol. The fourth-order valence-corrected chi connectivity index (χ4v) is 2.95. The van der Waals surface area contributed by atoms with Gasteiger partial charge in [0.15, 0.2) is 5.82 Å². The molecule has 2 aromatic rings. The summed E-state index contributed by atoms with van der Waals surface area (Å²) in [5, 5.41) is 7.31. The Morgan fingerprint density at radius 2 is 2.21 bits per heavy atom. The zero-order valence-corrected chi connectivity index (χ0v) is 14.5. The van der Waals surface area contributed by atoms with E-state index in [0.717, 1.165) is 11.4 Å². The number of hydrogen-bond donors (Lipinski definition) is 1. The van der Waals surface area contributed by atoms with Crippen LogP contribution in [-0.2, 0) is 11.2 Å². The number of carbonyl (C=O) groups excluding carboxylic acids is 1. The summed E-state index contributed by atoms with van der Waals surface area (Å²) in [6.45, 7) is 6.84. The van der Waals surface area contributed by atoms with Crippen LogP contribution in [0.5, 0.6) is 0 Å². The molecule has 1 amide bonds. The maximum absolute atomic E-state index is 12.8. The molecule has 0 saturated heterocycles. The van der Waals surface area contributed by atoms with Gasteiger partial charge in [0.2, 0.25) is 11.8 Å². The van der Waals surface area contributed by atoms with Crippen molar-refractivity contribution < 1.29 is 9.32 Å². The monoisotopic (exact) mass is 328 g/mol. The highest BCUT2D eigenvalue weighted by Crippen LogP contribution is 2.32. The maximum atomic E-state index is 12.8. The lowest BCUT2D eigenvalue weighted by molar-refractivity contribution is -0.118. The number of anilines is 2. The van der Waals surface area contributed by atoms with Crippen LogP contribution in [0.25, 0.3) is 0 Å². The van der Waals surface area contributed by atoms with Crippen molar-refractivity contribution in [2.24, 2.45) is 5.92 Å². The summed E-state index contributed by atoms with van der Waals surface area (Å²) in [5.74, 6) is 1.83. The van der Waals surface area contributed by atoms with Gasteiger partial charge >= 0.3 is 0 Å². The number of fused-ring (bicyclic) bond motifs is 1. The largest absolute Gasteiger partial charge is 0.379 e. The summed E-state index contributed by atoms with van der Waals surface area (Å²) in [6, 6.07) is 8.26. The number of benzene rings is 1. The van der Waals surface area contributed by atoms with Gasteiger partial charge in [-0.15, -0.1) is 0 Å². The smallest absolute Gasteiger partial charge is 0.227 e. The predicted molar refractivity (Wildman–Crippen MR) is 93.0 cm³/mol. The van der Waals surface area contributed by atoms with Crippen LogP contribution in [0.3, 0.4) is 0 Å². The van der Waals surface area contributed by atoms with Crippen molar-refractivity contribution in [3.8, 4) is 0 Å². The van der Waals surface area contributed by atoms with Gasteiger partial charge in [0.25, 0.3) is 0 Å². The average Bonchev–Trinajstić information content (AvgIpc) is 2.99. The molecule has 0 saturated carbocycles. The highest BCUT2D eigenvalue weighted by Gasteiger charge is 2.29. The third-order valence-electron chi connectivity index (χ3n) is 4.37. The fraction of sp³-hybridized carbons (Fsp3) is 0.500. The van der Waals surface area contributed by atoms with Crippen LogP contribution in [0.4, 0.5) is 11.4 Å². The molecule has 24 heavy (non-hydrogen) atoms. The Balaban J connectivity index is 1.66. The molecule has 0 bridgehead atoms. The number of para-hydroxylation sites is 2. The minimum atomic E-state index is 0.144. The van der Waals surface area contributed by atoms with Gasteiger partial charge in [-0.25, -0.2) is 0 Å². The molecule has 2 heterocycles. The van der Waals surface area contributed by atoms with Gasteiger partial charge < -0.3 is 14.7 Å². The van der Waals surface area contributed by atoms with Crippen LogP contribution in [0.1, 0.15) is 38.4 Å². The molecule has 0 radical (unpaired) electrons. The molecule has 6 heteroatoms. The van der Waals surface area contributed by atoms with Crippen LogP contribution >= 0.6 is 0 Å². The first-order valence-corrected chi connectivity index (χ1v) is 8.49. The van der Waals surface area contributed by atoms with Gasteiger partial charge in [-0.2, -0.15) is 4.98 Å². The van der Waals surface area contributed by atoms with Gasteiger partial charge in [0.1, 0.15) is 0 Å². The Hall–Kier alpha value is -2.37. The number of aryl methyl sites for hydroxylation is 2. The number of aromatic nitrogens is 2. The maximum Gasteiger partial charge on any atom is 0.227 e. The van der Waals surface area contributed by atoms with E-state index in [1.54, 1.807) is 6.92 Å². The van der Waals surface area contributed by atoms with Gasteiger partial charge in [0.05, 0.1) is 11.4 Å². The SMILES string of the molecule is Cc1noc(CCCC(=O)N2C[C@@H](C(C)C)Nc3ccccc32)n1. The second-order valence-electron chi connectivity index (χ2n) is 6.61. The van der Waals surface area contributed by atoms with Crippen LogP contribution in [-0.4, -0.2) is 28.6 Å². The molecule has 1 atom stereocenters. The van der Waals surface area contributed by atoms with Crippen LogP contribution < -0.4 is 10.2 Å². The molecule has 3 rings (SSSR count). The molecule has 0 fully saturated rings. The third kappa shape index (κ3) is 3.58. The molecule has 1 aliphatic rings. The molecule has 1 aromatic carbocycles. The fourth-order valence-electron chi connectivity index (χ4n) is 2.95. The van der Waals surface area contributed by atoms with Crippen molar-refractivity contribution in [1.29, 1.82) is 0 Å². The van der Waals surface area contributed by atoms with Crippen molar-refractivity contribution in [2.45, 2.75) is 46.1 Å². The number of nitrogens with zero attached hydrogens (tertiary/aromatic N) is 3. The molecular weight excluding hydrogens is 304 g/mol. The Kier molecular flexibility index (Phi) is 4.83. The first-order chi connectivity index (χ1) is 11.5. The van der Waals surface area contributed by atoms with E-state index in [9.17, 15) is 4.79 Å². The molecule has 1 N–H and O–H groups in total. The van der Waals surface area contributed by atoms with E-state index in [1.807, 2.05) is 29.2 Å². The van der Waals surface area contributed by atoms with Crippen molar-refractivity contribution >= 4 is 17.3 Å². The van der Waals surface area contributed by atoms with Gasteiger partial charge in [0, 0.05) is 25.4 Å². The lowest BCUT2D eigenvalue weighted by Crippen LogP contribution is -2.47. The summed E-state index contributed by atoms with van der Waals surface area (Å²) in [6.07, 6.45) is 1.81. The zero-order chi connectivity index (χ0) is 17.1. The first kappa shape index (κ1) is 16.5. The summed E-state index contributed by atoms with van der Waals surface area (Å²) >= 11 is 0. The summed E-state index contributed by atoms with van der Waals surface area (Å²) in [5.41, 5.74) is 2.00. The molecule has 6 nitrogen and oxygen atoms in total. The first-order valence-electron chi connectivity index (χ1n) is 8.49. The summed E-state index contributed by atoms with van der Waals surface area (Å²) in [4.78, 5) is 18.8. The Bertz CT molecular complexity index is 711. The van der Waals surface area contributed by atoms with E-state index < -0.39 is 0 Å². The number of nitrogens with one attached hydrogen (secondary N) is 1. The highest BCUT2D eigenvalue weighted by molar-refractivity contribution is 5.97. The molecular formula is C18H24N4O2. The van der Waals surface area contributed by atoms with E-state index in [2.05, 4.69) is 29.3 Å². The minimum absolute atomic E-state index is 0.144. The summed E-state index contributed by atoms with van der Waals surface area (Å²) < 4.78 is 5.10. The van der Waals surface area contributed by atoms with Crippen LogP contribution in [0.2, 0.25) is 0 Å². The second-order valence-corrected chi connectivity index (χ2v) is 6.61. The normalized spacial score (nSPS) is 16.8. The Labute approximate surface area is 142 Å². The van der Waals surface area contributed by atoms with Crippen molar-refractivity contribution in [3.05, 3.63) is 36.0 Å². The molecule has 0 aliphatic carbocycles. The van der Waals surface area contributed by atoms with Gasteiger partial charge in [-0.05, 0) is 31.4 Å². The van der Waals surface area contributed by atoms with Gasteiger partial charge in [-0.3, -0.25) is 4.79 Å². The number of amides is 1. The zero-order valence-electron chi connectivity index (χ0n) is 14.5. The predicted octanol–water partition coefficient (Wildman–Crippen LogP) is 3.18. The Morgan fingerprint density at radius 3 is 2.92 bits per heavy atom. The van der Waals surface area contributed by atoms with Crippen LogP contribution in [0, 0.1) is 12.8 Å². The molecule has 0 spiro atoms. The number of carbonyl (C=O) groups is 1.